The van der Waals surface area contributed by atoms with Crippen molar-refractivity contribution in [3.8, 4) is 24.2 Å². The second-order valence-electron chi connectivity index (χ2n) is 4.02. The van der Waals surface area contributed by atoms with E-state index in [-0.39, 0.29) is 0 Å². The van der Waals surface area contributed by atoms with Gasteiger partial charge in [-0.05, 0) is 24.3 Å². The van der Waals surface area contributed by atoms with Gasteiger partial charge in [0.15, 0.2) is 12.6 Å². The number of benzene rings is 2. The lowest BCUT2D eigenvalue weighted by Gasteiger charge is -1.98. The van der Waals surface area contributed by atoms with E-state index >= 15 is 0 Å². The van der Waals surface area contributed by atoms with Gasteiger partial charge in [-0.3, -0.25) is 9.59 Å². The number of carbonyl (C=O) groups excluding carboxylic acids is 2. The lowest BCUT2D eigenvalue weighted by Crippen LogP contribution is -1.89. The molecule has 2 aromatic carbocycles. The normalized spacial score (nSPS) is 8.95. The molecule has 0 atom stereocenters. The van der Waals surface area contributed by atoms with Crippen LogP contribution in [0.2, 0.25) is 0 Å². The summed E-state index contributed by atoms with van der Waals surface area (Å²) in [7, 11) is 0. The van der Waals surface area contributed by atoms with E-state index in [1.54, 1.807) is 36.4 Å². The van der Waals surface area contributed by atoms with Crippen molar-refractivity contribution in [1.29, 1.82) is 0 Å². The van der Waals surface area contributed by atoms with Crippen molar-refractivity contribution >= 4 is 12.6 Å². The smallest absolute Gasteiger partial charge is 0.151 e. The molecule has 0 heterocycles. The van der Waals surface area contributed by atoms with E-state index in [4.69, 9.17) is 6.42 Å². The van der Waals surface area contributed by atoms with E-state index in [0.29, 0.717) is 34.1 Å². The maximum Gasteiger partial charge on any atom is 0.151 e. The molecule has 2 rings (SSSR count). The van der Waals surface area contributed by atoms with Crippen molar-refractivity contribution in [1.82, 2.24) is 0 Å². The average Bonchev–Trinajstić information content (AvgIpc) is 2.52. The minimum atomic E-state index is 0.433. The fraction of sp³-hybridized carbons (Fsp3) is 0. The van der Waals surface area contributed by atoms with Crippen LogP contribution in [0.1, 0.15) is 37.4 Å². The van der Waals surface area contributed by atoms with Crippen molar-refractivity contribution < 1.29 is 9.59 Å². The van der Waals surface area contributed by atoms with Crippen LogP contribution in [0.25, 0.3) is 0 Å². The van der Waals surface area contributed by atoms with Crippen molar-refractivity contribution in [2.45, 2.75) is 0 Å². The number of hydrogen-bond acceptors (Lipinski definition) is 2. The SMILES string of the molecule is C#Cc1ccc(C#Cc2ccccc2C=O)cc1C=O. The van der Waals surface area contributed by atoms with E-state index < -0.39 is 0 Å². The van der Waals surface area contributed by atoms with Crippen LogP contribution < -0.4 is 0 Å². The van der Waals surface area contributed by atoms with Gasteiger partial charge in [-0.2, -0.15) is 0 Å². The third-order valence-corrected chi connectivity index (χ3v) is 2.76. The van der Waals surface area contributed by atoms with Crippen LogP contribution in [0.3, 0.4) is 0 Å². The van der Waals surface area contributed by atoms with Crippen molar-refractivity contribution in [3.63, 3.8) is 0 Å². The summed E-state index contributed by atoms with van der Waals surface area (Å²) in [5, 5.41) is 0. The maximum atomic E-state index is 10.9. The van der Waals surface area contributed by atoms with Gasteiger partial charge >= 0.3 is 0 Å². The predicted molar refractivity (Wildman–Crippen MR) is 77.6 cm³/mol. The zero-order valence-corrected chi connectivity index (χ0v) is 10.6. The predicted octanol–water partition coefficient (Wildman–Crippen LogP) is 2.69. The molecular weight excluding hydrogens is 248 g/mol. The Morgan fingerprint density at radius 3 is 2.30 bits per heavy atom. The summed E-state index contributed by atoms with van der Waals surface area (Å²) < 4.78 is 0. The van der Waals surface area contributed by atoms with E-state index in [0.717, 1.165) is 6.29 Å². The first-order valence-corrected chi connectivity index (χ1v) is 5.90. The molecule has 0 bridgehead atoms. The molecule has 0 saturated heterocycles. The first kappa shape index (κ1) is 13.3. The quantitative estimate of drug-likeness (QED) is 0.613. The largest absolute Gasteiger partial charge is 0.298 e. The highest BCUT2D eigenvalue weighted by Crippen LogP contribution is 2.09. The van der Waals surface area contributed by atoms with Gasteiger partial charge in [0.25, 0.3) is 0 Å². The summed E-state index contributed by atoms with van der Waals surface area (Å²) in [5.74, 6) is 8.29. The molecule has 0 radical (unpaired) electrons. The zero-order chi connectivity index (χ0) is 14.4. The molecule has 0 spiro atoms. The van der Waals surface area contributed by atoms with Gasteiger partial charge < -0.3 is 0 Å². The van der Waals surface area contributed by atoms with Crippen LogP contribution in [-0.2, 0) is 0 Å². The second kappa shape index (κ2) is 6.18. The van der Waals surface area contributed by atoms with E-state index in [1.807, 2.05) is 6.07 Å². The molecule has 0 aromatic heterocycles. The number of carbonyl (C=O) groups is 2. The molecule has 0 fully saturated rings. The Labute approximate surface area is 117 Å². The lowest BCUT2D eigenvalue weighted by atomic mass is 10.0. The Morgan fingerprint density at radius 1 is 0.850 bits per heavy atom. The van der Waals surface area contributed by atoms with Crippen LogP contribution in [0.4, 0.5) is 0 Å². The third-order valence-electron chi connectivity index (χ3n) is 2.76. The minimum absolute atomic E-state index is 0.433. The van der Waals surface area contributed by atoms with Gasteiger partial charge in [-0.25, -0.2) is 0 Å². The molecule has 0 amide bonds. The highest BCUT2D eigenvalue weighted by molar-refractivity contribution is 5.81. The molecule has 0 aliphatic carbocycles. The summed E-state index contributed by atoms with van der Waals surface area (Å²) in [6, 6.07) is 12.1. The molecule has 0 unspecified atom stereocenters. The number of aldehydes is 2. The Bertz CT molecular complexity index is 768. The Balaban J connectivity index is 2.41. The summed E-state index contributed by atoms with van der Waals surface area (Å²) in [4.78, 5) is 21.8. The number of hydrogen-bond donors (Lipinski definition) is 0. The molecule has 94 valence electrons. The lowest BCUT2D eigenvalue weighted by molar-refractivity contribution is 0.111. The Hall–Kier alpha value is -3.10. The summed E-state index contributed by atoms with van der Waals surface area (Å²) in [6.45, 7) is 0. The van der Waals surface area contributed by atoms with Crippen molar-refractivity contribution in [3.05, 3.63) is 70.3 Å². The van der Waals surface area contributed by atoms with E-state index in [1.165, 1.54) is 0 Å². The van der Waals surface area contributed by atoms with Crippen LogP contribution in [0, 0.1) is 24.2 Å². The van der Waals surface area contributed by atoms with Crippen LogP contribution in [0.15, 0.2) is 42.5 Å². The van der Waals surface area contributed by atoms with Gasteiger partial charge in [0, 0.05) is 27.8 Å². The monoisotopic (exact) mass is 258 g/mol. The summed E-state index contributed by atoms with van der Waals surface area (Å²) in [5.41, 5.74) is 2.83. The standard InChI is InChI=1S/C18H10O2/c1-2-15-9-7-14(11-18(15)13-20)8-10-16-5-3-4-6-17(16)12-19/h1,3-7,9,11-13H. The Kier molecular flexibility index (Phi) is 4.12. The molecule has 2 nitrogen and oxygen atoms in total. The Morgan fingerprint density at radius 2 is 1.60 bits per heavy atom. The van der Waals surface area contributed by atoms with Crippen molar-refractivity contribution in [2.75, 3.05) is 0 Å². The highest BCUT2D eigenvalue weighted by atomic mass is 16.1. The fourth-order valence-corrected chi connectivity index (χ4v) is 1.72. The molecule has 0 N–H and O–H groups in total. The molecule has 0 aliphatic rings. The molecule has 0 saturated carbocycles. The van der Waals surface area contributed by atoms with E-state index in [9.17, 15) is 9.59 Å². The summed E-state index contributed by atoms with van der Waals surface area (Å²) >= 11 is 0. The topological polar surface area (TPSA) is 34.1 Å². The highest BCUT2D eigenvalue weighted by Gasteiger charge is 2.00. The van der Waals surface area contributed by atoms with Gasteiger partial charge in [-0.15, -0.1) is 6.42 Å². The fourth-order valence-electron chi connectivity index (χ4n) is 1.72. The number of terminal acetylenes is 1. The molecule has 2 aromatic rings. The van der Waals surface area contributed by atoms with Crippen LogP contribution in [0.5, 0.6) is 0 Å². The zero-order valence-electron chi connectivity index (χ0n) is 10.6. The number of rotatable bonds is 2. The molecular formula is C18H10O2. The first-order valence-electron chi connectivity index (χ1n) is 5.90. The van der Waals surface area contributed by atoms with Crippen LogP contribution >= 0.6 is 0 Å². The summed E-state index contributed by atoms with van der Waals surface area (Å²) in [6.07, 6.45) is 6.77. The van der Waals surface area contributed by atoms with Gasteiger partial charge in [-0.1, -0.05) is 36.0 Å². The minimum Gasteiger partial charge on any atom is -0.298 e. The van der Waals surface area contributed by atoms with Gasteiger partial charge in [0.1, 0.15) is 0 Å². The van der Waals surface area contributed by atoms with Crippen molar-refractivity contribution in [2.24, 2.45) is 0 Å². The molecule has 2 heteroatoms. The average molecular weight is 258 g/mol. The second-order valence-corrected chi connectivity index (χ2v) is 4.02. The molecule has 20 heavy (non-hydrogen) atoms. The first-order chi connectivity index (χ1) is 9.78. The maximum absolute atomic E-state index is 10.9. The van der Waals surface area contributed by atoms with Gasteiger partial charge in [0.2, 0.25) is 0 Å². The third kappa shape index (κ3) is 2.83. The van der Waals surface area contributed by atoms with Crippen LogP contribution in [-0.4, -0.2) is 12.6 Å². The van der Waals surface area contributed by atoms with Gasteiger partial charge in [0.05, 0.1) is 0 Å². The molecule has 0 aliphatic heterocycles. The van der Waals surface area contributed by atoms with E-state index in [2.05, 4.69) is 17.8 Å².